The van der Waals surface area contributed by atoms with Gasteiger partial charge in [-0.2, -0.15) is 9.61 Å². The minimum Gasteiger partial charge on any atom is -0.495 e. The first-order valence-electron chi connectivity index (χ1n) is 8.23. The molecule has 0 saturated carbocycles. The maximum absolute atomic E-state index is 9.35. The quantitative estimate of drug-likeness (QED) is 0.577. The lowest BCUT2D eigenvalue weighted by atomic mass is 10.1. The van der Waals surface area contributed by atoms with Crippen LogP contribution < -0.4 is 10.1 Å². The standard InChI is InChI=1S/C20H18N4O2/c1-26-18-8-3-2-7-17(18)22-20-12-21-19-10-9-16(23-24(19)20)15-6-4-5-14(11-15)13-25/h2-12,22,25H,13H2,1H3. The second-order valence-corrected chi connectivity index (χ2v) is 5.82. The van der Waals surface area contributed by atoms with Crippen molar-refractivity contribution < 1.29 is 9.84 Å². The summed E-state index contributed by atoms with van der Waals surface area (Å²) in [5.74, 6) is 1.49. The number of anilines is 2. The normalized spacial score (nSPS) is 10.8. The molecule has 0 fully saturated rings. The van der Waals surface area contributed by atoms with Crippen molar-refractivity contribution in [1.82, 2.24) is 14.6 Å². The van der Waals surface area contributed by atoms with Crippen LogP contribution in [0.25, 0.3) is 16.9 Å². The Hall–Kier alpha value is -3.38. The monoisotopic (exact) mass is 346 g/mol. The number of nitrogens with one attached hydrogen (secondary N) is 1. The number of hydrogen-bond acceptors (Lipinski definition) is 5. The average molecular weight is 346 g/mol. The minimum atomic E-state index is 0.00175. The van der Waals surface area contributed by atoms with E-state index in [0.717, 1.165) is 39.7 Å². The molecule has 6 nitrogen and oxygen atoms in total. The number of aromatic nitrogens is 3. The van der Waals surface area contributed by atoms with E-state index < -0.39 is 0 Å². The molecule has 2 N–H and O–H groups in total. The van der Waals surface area contributed by atoms with E-state index in [1.165, 1.54) is 0 Å². The summed E-state index contributed by atoms with van der Waals surface area (Å²) in [5.41, 5.74) is 4.17. The summed E-state index contributed by atoms with van der Waals surface area (Å²) < 4.78 is 7.15. The molecule has 2 aromatic carbocycles. The summed E-state index contributed by atoms with van der Waals surface area (Å²) in [6.07, 6.45) is 1.74. The zero-order valence-electron chi connectivity index (χ0n) is 14.3. The molecule has 4 aromatic rings. The number of aliphatic hydroxyl groups excluding tert-OH is 1. The van der Waals surface area contributed by atoms with Crippen LogP contribution >= 0.6 is 0 Å². The van der Waals surface area contributed by atoms with Gasteiger partial charge in [0.25, 0.3) is 0 Å². The Kier molecular flexibility index (Phi) is 4.25. The van der Waals surface area contributed by atoms with Gasteiger partial charge in [0.05, 0.1) is 31.3 Å². The first kappa shape index (κ1) is 16.1. The highest BCUT2D eigenvalue weighted by molar-refractivity contribution is 5.67. The number of rotatable bonds is 5. The van der Waals surface area contributed by atoms with Gasteiger partial charge in [-0.15, -0.1) is 0 Å². The Balaban J connectivity index is 1.75. The van der Waals surface area contributed by atoms with Crippen molar-refractivity contribution in [2.24, 2.45) is 0 Å². The highest BCUT2D eigenvalue weighted by atomic mass is 16.5. The second-order valence-electron chi connectivity index (χ2n) is 5.82. The van der Waals surface area contributed by atoms with Crippen molar-refractivity contribution in [3.63, 3.8) is 0 Å². The predicted molar refractivity (Wildman–Crippen MR) is 101 cm³/mol. The van der Waals surface area contributed by atoms with Crippen LogP contribution in [0.3, 0.4) is 0 Å². The van der Waals surface area contributed by atoms with Crippen LogP contribution in [0.1, 0.15) is 5.56 Å². The Bertz CT molecular complexity index is 1060. The minimum absolute atomic E-state index is 0.00175. The third-order valence-corrected chi connectivity index (χ3v) is 4.14. The van der Waals surface area contributed by atoms with E-state index in [-0.39, 0.29) is 6.61 Å². The third-order valence-electron chi connectivity index (χ3n) is 4.14. The van der Waals surface area contributed by atoms with Gasteiger partial charge in [0.15, 0.2) is 11.5 Å². The van der Waals surface area contributed by atoms with Crippen molar-refractivity contribution in [2.75, 3.05) is 12.4 Å². The highest BCUT2D eigenvalue weighted by Crippen LogP contribution is 2.27. The molecular formula is C20H18N4O2. The topological polar surface area (TPSA) is 71.7 Å². The summed E-state index contributed by atoms with van der Waals surface area (Å²) >= 11 is 0. The molecule has 130 valence electrons. The van der Waals surface area contributed by atoms with Crippen molar-refractivity contribution in [3.8, 4) is 17.0 Å². The Morgan fingerprint density at radius 3 is 2.81 bits per heavy atom. The highest BCUT2D eigenvalue weighted by Gasteiger charge is 2.10. The van der Waals surface area contributed by atoms with E-state index in [4.69, 9.17) is 9.84 Å². The fourth-order valence-electron chi connectivity index (χ4n) is 2.83. The second kappa shape index (κ2) is 6.85. The fourth-order valence-corrected chi connectivity index (χ4v) is 2.83. The number of methoxy groups -OCH3 is 1. The van der Waals surface area contributed by atoms with Crippen LogP contribution in [0.15, 0.2) is 66.9 Å². The van der Waals surface area contributed by atoms with Crippen LogP contribution in [0.5, 0.6) is 5.75 Å². The predicted octanol–water partition coefficient (Wildman–Crippen LogP) is 3.64. The largest absolute Gasteiger partial charge is 0.495 e. The Morgan fingerprint density at radius 1 is 1.08 bits per heavy atom. The Morgan fingerprint density at radius 2 is 1.96 bits per heavy atom. The van der Waals surface area contributed by atoms with Gasteiger partial charge >= 0.3 is 0 Å². The summed E-state index contributed by atoms with van der Waals surface area (Å²) in [5, 5.41) is 17.4. The average Bonchev–Trinajstić information content (AvgIpc) is 3.10. The van der Waals surface area contributed by atoms with Gasteiger partial charge in [0, 0.05) is 5.56 Å². The van der Waals surface area contributed by atoms with E-state index in [9.17, 15) is 5.11 Å². The smallest absolute Gasteiger partial charge is 0.155 e. The first-order valence-corrected chi connectivity index (χ1v) is 8.23. The van der Waals surface area contributed by atoms with Crippen LogP contribution in [0, 0.1) is 0 Å². The summed E-state index contributed by atoms with van der Waals surface area (Å²) in [6, 6.07) is 19.2. The van der Waals surface area contributed by atoms with Crippen molar-refractivity contribution >= 4 is 17.2 Å². The molecule has 0 aliphatic rings. The lowest BCUT2D eigenvalue weighted by molar-refractivity contribution is 0.282. The summed E-state index contributed by atoms with van der Waals surface area (Å²) in [4.78, 5) is 4.40. The van der Waals surface area contributed by atoms with Gasteiger partial charge in [-0.25, -0.2) is 4.98 Å². The molecule has 6 heteroatoms. The number of hydrogen-bond donors (Lipinski definition) is 2. The zero-order chi connectivity index (χ0) is 17.9. The number of para-hydroxylation sites is 2. The number of aliphatic hydroxyl groups is 1. The van der Waals surface area contributed by atoms with Crippen molar-refractivity contribution in [3.05, 3.63) is 72.4 Å². The number of imidazole rings is 1. The summed E-state index contributed by atoms with van der Waals surface area (Å²) in [6.45, 7) is 0.00175. The van der Waals surface area contributed by atoms with E-state index >= 15 is 0 Å². The van der Waals surface area contributed by atoms with Gasteiger partial charge in [0.1, 0.15) is 5.75 Å². The van der Waals surface area contributed by atoms with Crippen LogP contribution in [-0.4, -0.2) is 26.8 Å². The van der Waals surface area contributed by atoms with E-state index in [1.807, 2.05) is 60.7 Å². The molecular weight excluding hydrogens is 328 g/mol. The summed E-state index contributed by atoms with van der Waals surface area (Å²) in [7, 11) is 1.64. The lowest BCUT2D eigenvalue weighted by Gasteiger charge is -2.10. The molecule has 0 aliphatic heterocycles. The van der Waals surface area contributed by atoms with E-state index in [0.29, 0.717) is 0 Å². The Labute approximate surface area is 150 Å². The SMILES string of the molecule is COc1ccccc1Nc1cnc2ccc(-c3cccc(CO)c3)nn12. The molecule has 0 unspecified atom stereocenters. The molecule has 26 heavy (non-hydrogen) atoms. The van der Waals surface area contributed by atoms with Crippen molar-refractivity contribution in [2.45, 2.75) is 6.61 Å². The van der Waals surface area contributed by atoms with Gasteiger partial charge in [-0.05, 0) is 35.9 Å². The first-order chi connectivity index (χ1) is 12.8. The van der Waals surface area contributed by atoms with Crippen LogP contribution in [0.2, 0.25) is 0 Å². The molecule has 2 heterocycles. The molecule has 0 aliphatic carbocycles. The van der Waals surface area contributed by atoms with Gasteiger partial charge < -0.3 is 15.2 Å². The lowest BCUT2D eigenvalue weighted by Crippen LogP contribution is -2.01. The molecule has 0 atom stereocenters. The maximum atomic E-state index is 9.35. The van der Waals surface area contributed by atoms with E-state index in [1.54, 1.807) is 17.8 Å². The van der Waals surface area contributed by atoms with Gasteiger partial charge in [-0.3, -0.25) is 0 Å². The fraction of sp³-hybridized carbons (Fsp3) is 0.100. The molecule has 0 bridgehead atoms. The number of ether oxygens (including phenoxy) is 1. The maximum Gasteiger partial charge on any atom is 0.155 e. The van der Waals surface area contributed by atoms with Crippen molar-refractivity contribution in [1.29, 1.82) is 0 Å². The number of benzene rings is 2. The molecule has 2 aromatic heterocycles. The molecule has 0 saturated heterocycles. The molecule has 0 radical (unpaired) electrons. The molecule has 4 rings (SSSR count). The van der Waals surface area contributed by atoms with Gasteiger partial charge in [0.2, 0.25) is 0 Å². The zero-order valence-corrected chi connectivity index (χ0v) is 14.3. The number of fused-ring (bicyclic) bond motifs is 1. The molecule has 0 spiro atoms. The molecule has 0 amide bonds. The van der Waals surface area contributed by atoms with Crippen LogP contribution in [-0.2, 0) is 6.61 Å². The third kappa shape index (κ3) is 2.98. The van der Waals surface area contributed by atoms with Crippen LogP contribution in [0.4, 0.5) is 11.5 Å². The van der Waals surface area contributed by atoms with Gasteiger partial charge in [-0.1, -0.05) is 30.3 Å². The van der Waals surface area contributed by atoms with E-state index in [2.05, 4.69) is 10.3 Å². The number of nitrogens with zero attached hydrogens (tertiary/aromatic N) is 3.